The van der Waals surface area contributed by atoms with E-state index in [0.717, 1.165) is 24.3 Å². The lowest BCUT2D eigenvalue weighted by atomic mass is 10.1. The number of nitrogens with one attached hydrogen (secondary N) is 2. The van der Waals surface area contributed by atoms with Gasteiger partial charge in [-0.25, -0.2) is 18.7 Å². The van der Waals surface area contributed by atoms with E-state index in [4.69, 9.17) is 5.26 Å². The van der Waals surface area contributed by atoms with Crippen LogP contribution in [0.15, 0.2) is 62.3 Å². The van der Waals surface area contributed by atoms with Gasteiger partial charge in [0.2, 0.25) is 0 Å². The van der Waals surface area contributed by atoms with Gasteiger partial charge in [0.05, 0.1) is 23.4 Å². The molecule has 0 aliphatic rings. The zero-order valence-corrected chi connectivity index (χ0v) is 25.0. The highest BCUT2D eigenvalue weighted by molar-refractivity contribution is 7.95. The van der Waals surface area contributed by atoms with Gasteiger partial charge in [-0.05, 0) is 24.8 Å². The van der Waals surface area contributed by atoms with Gasteiger partial charge in [-0.15, -0.1) is 14.6 Å². The van der Waals surface area contributed by atoms with Crippen LogP contribution in [0.25, 0.3) is 10.8 Å². The number of nitrogens with zero attached hydrogens (tertiary/aromatic N) is 4. The highest BCUT2D eigenvalue weighted by Crippen LogP contribution is 2.42. The summed E-state index contributed by atoms with van der Waals surface area (Å²) in [4.78, 5) is 4.06. The minimum absolute atomic E-state index is 0.0379. The van der Waals surface area contributed by atoms with Crippen LogP contribution in [0, 0.1) is 18.3 Å². The van der Waals surface area contributed by atoms with Gasteiger partial charge in [0.15, 0.2) is 15.7 Å². The Balaban J connectivity index is 2.20. The van der Waals surface area contributed by atoms with Crippen molar-refractivity contribution in [1.29, 1.82) is 5.26 Å². The van der Waals surface area contributed by atoms with E-state index in [1.165, 1.54) is 0 Å². The van der Waals surface area contributed by atoms with Crippen molar-refractivity contribution in [3.8, 4) is 6.07 Å². The molecule has 0 bridgehead atoms. The Morgan fingerprint density at radius 2 is 1.79 bits per heavy atom. The molecule has 1 aromatic heterocycles. The normalized spacial score (nSPS) is 12.0. The predicted octanol–water partition coefficient (Wildman–Crippen LogP) is 5.69. The number of hydrogen-bond acceptors (Lipinski definition) is 14. The Hall–Kier alpha value is -3.63. The second-order valence-electron chi connectivity index (χ2n) is 8.68. The van der Waals surface area contributed by atoms with Crippen LogP contribution < -0.4 is 10.6 Å². The number of sulfone groups is 1. The highest BCUT2D eigenvalue weighted by Gasteiger charge is 2.23. The fourth-order valence-corrected chi connectivity index (χ4v) is 5.63. The molecule has 2 aromatic carbocycles. The Labute approximate surface area is 247 Å². The smallest absolute Gasteiger partial charge is 0.296 e. The first-order valence-electron chi connectivity index (χ1n) is 12.3. The molecular formula is C25H28N6O8S3. The Bertz CT molecular complexity index is 1760. The van der Waals surface area contributed by atoms with Gasteiger partial charge in [0, 0.05) is 34.3 Å². The Kier molecular flexibility index (Phi) is 11.4. The van der Waals surface area contributed by atoms with E-state index in [0.29, 0.717) is 29.5 Å². The minimum Gasteiger partial charge on any atom is -0.368 e. The zero-order chi connectivity index (χ0) is 30.9. The number of aromatic nitrogens is 1. The number of anilines is 2. The van der Waals surface area contributed by atoms with Crippen molar-refractivity contribution in [3.05, 3.63) is 53.4 Å². The first-order valence-corrected chi connectivity index (χ1v) is 16.2. The van der Waals surface area contributed by atoms with Gasteiger partial charge in [0.1, 0.15) is 28.2 Å². The standard InChI is InChI=1S/C25H28N6O8S3/c1-4-6-11-27-25-22(16(3)19(15-26)24(29-25)28-12-13-41(33,34)5-2)30-31-23-18-10-8-7-9-17(18)20(40-39-38-32)14-21(23)42(35,36)37/h5,7-10,14,32H,2,4,6,11-13H2,1,3H3,(H2,27,28,29)(H,35,36,37). The van der Waals surface area contributed by atoms with Crippen LogP contribution in [-0.2, 0) is 29.3 Å². The molecule has 0 atom stereocenters. The molecule has 0 unspecified atom stereocenters. The molecule has 0 fully saturated rings. The van der Waals surface area contributed by atoms with Crippen LogP contribution >= 0.6 is 12.0 Å². The van der Waals surface area contributed by atoms with E-state index >= 15 is 0 Å². The fraction of sp³-hybridized carbons (Fsp3) is 0.280. The van der Waals surface area contributed by atoms with Crippen molar-refractivity contribution in [2.75, 3.05) is 29.5 Å². The van der Waals surface area contributed by atoms with Gasteiger partial charge >= 0.3 is 0 Å². The molecule has 0 radical (unpaired) electrons. The van der Waals surface area contributed by atoms with Gasteiger partial charge in [-0.3, -0.25) is 4.55 Å². The average Bonchev–Trinajstić information content (AvgIpc) is 2.95. The number of rotatable bonds is 15. The van der Waals surface area contributed by atoms with Crippen LogP contribution in [0.3, 0.4) is 0 Å². The van der Waals surface area contributed by atoms with Gasteiger partial charge in [-0.2, -0.15) is 13.7 Å². The van der Waals surface area contributed by atoms with E-state index in [9.17, 15) is 26.7 Å². The average molecular weight is 637 g/mol. The molecule has 14 nitrogen and oxygen atoms in total. The van der Waals surface area contributed by atoms with Crippen molar-refractivity contribution in [3.63, 3.8) is 0 Å². The molecule has 0 aliphatic heterocycles. The van der Waals surface area contributed by atoms with Crippen LogP contribution in [-0.4, -0.2) is 50.5 Å². The molecule has 0 saturated heterocycles. The van der Waals surface area contributed by atoms with Crippen LogP contribution in [0.5, 0.6) is 0 Å². The molecule has 3 aromatic rings. The Morgan fingerprint density at radius 1 is 1.12 bits per heavy atom. The molecule has 224 valence electrons. The summed E-state index contributed by atoms with van der Waals surface area (Å²) in [5.41, 5.74) is 0.348. The minimum atomic E-state index is -4.83. The van der Waals surface area contributed by atoms with Crippen LogP contribution in [0.1, 0.15) is 30.9 Å². The largest absolute Gasteiger partial charge is 0.368 e. The lowest BCUT2D eigenvalue weighted by Crippen LogP contribution is -2.16. The summed E-state index contributed by atoms with van der Waals surface area (Å²) in [6.45, 7) is 7.32. The van der Waals surface area contributed by atoms with Crippen LogP contribution in [0.4, 0.5) is 23.0 Å². The van der Waals surface area contributed by atoms with Crippen molar-refractivity contribution in [1.82, 2.24) is 4.98 Å². The van der Waals surface area contributed by atoms with Crippen molar-refractivity contribution < 1.29 is 36.0 Å². The number of benzene rings is 2. The maximum atomic E-state index is 12.4. The SMILES string of the molecule is C=CS(=O)(=O)CCNc1nc(NCCCC)c(N=Nc2c(S(=O)(=O)O)cc(SOOO)c3ccccc23)c(C)c1C#N. The van der Waals surface area contributed by atoms with Crippen molar-refractivity contribution in [2.45, 2.75) is 36.5 Å². The third kappa shape index (κ3) is 8.01. The fourth-order valence-electron chi connectivity index (χ4n) is 3.81. The van der Waals surface area contributed by atoms with E-state index in [2.05, 4.69) is 41.8 Å². The number of unbranched alkanes of at least 4 members (excludes halogenated alkanes) is 1. The molecule has 3 rings (SSSR count). The first-order chi connectivity index (χ1) is 20.0. The molecule has 4 N–H and O–H groups in total. The second-order valence-corrected chi connectivity index (χ2v) is 12.9. The van der Waals surface area contributed by atoms with Crippen molar-refractivity contribution in [2.24, 2.45) is 10.2 Å². The molecule has 17 heteroatoms. The quantitative estimate of drug-likeness (QED) is 0.0395. The summed E-state index contributed by atoms with van der Waals surface area (Å²) in [6.07, 6.45) is 1.64. The zero-order valence-electron chi connectivity index (χ0n) is 22.6. The monoisotopic (exact) mass is 636 g/mol. The van der Waals surface area contributed by atoms with Crippen LogP contribution in [0.2, 0.25) is 0 Å². The molecule has 1 heterocycles. The van der Waals surface area contributed by atoms with Gasteiger partial charge in [-0.1, -0.05) is 49.2 Å². The summed E-state index contributed by atoms with van der Waals surface area (Å²) in [5, 5.41) is 38.2. The number of pyridine rings is 1. The van der Waals surface area contributed by atoms with E-state index in [-0.39, 0.29) is 51.2 Å². The van der Waals surface area contributed by atoms with Crippen molar-refractivity contribution >= 4 is 65.8 Å². The summed E-state index contributed by atoms with van der Waals surface area (Å²) in [7, 11) is -8.33. The van der Waals surface area contributed by atoms with E-state index in [1.807, 2.05) is 13.0 Å². The summed E-state index contributed by atoms with van der Waals surface area (Å²) in [6, 6.07) is 9.62. The third-order valence-electron chi connectivity index (χ3n) is 5.91. The molecule has 0 amide bonds. The lowest BCUT2D eigenvalue weighted by Gasteiger charge is -2.16. The summed E-state index contributed by atoms with van der Waals surface area (Å²) < 4.78 is 62.9. The molecule has 42 heavy (non-hydrogen) atoms. The Morgan fingerprint density at radius 3 is 2.40 bits per heavy atom. The lowest BCUT2D eigenvalue weighted by molar-refractivity contribution is -0.432. The molecular weight excluding hydrogens is 609 g/mol. The topological polar surface area (TPSA) is 213 Å². The van der Waals surface area contributed by atoms with E-state index < -0.39 is 24.9 Å². The van der Waals surface area contributed by atoms with Gasteiger partial charge in [0.25, 0.3) is 10.1 Å². The number of hydrogen-bond donors (Lipinski definition) is 4. The molecule has 0 aliphatic carbocycles. The molecule has 0 spiro atoms. The number of azo groups is 1. The molecule has 0 saturated carbocycles. The highest BCUT2D eigenvalue weighted by atomic mass is 32.2. The maximum Gasteiger partial charge on any atom is 0.296 e. The third-order valence-corrected chi connectivity index (χ3v) is 8.70. The number of nitriles is 1. The maximum absolute atomic E-state index is 12.4. The summed E-state index contributed by atoms with van der Waals surface area (Å²) >= 11 is 0.509. The number of fused-ring (bicyclic) bond motifs is 1. The first kappa shape index (κ1) is 32.9. The van der Waals surface area contributed by atoms with E-state index in [1.54, 1.807) is 31.2 Å². The predicted molar refractivity (Wildman–Crippen MR) is 158 cm³/mol. The summed E-state index contributed by atoms with van der Waals surface area (Å²) in [5.74, 6) is 0.0807. The second kappa shape index (κ2) is 14.5. The van der Waals surface area contributed by atoms with Gasteiger partial charge < -0.3 is 10.6 Å².